The van der Waals surface area contributed by atoms with Gasteiger partial charge < -0.3 is 10.1 Å². The maximum atomic E-state index is 5.52. The summed E-state index contributed by atoms with van der Waals surface area (Å²) in [5.74, 6) is 1.90. The third-order valence-electron chi connectivity index (χ3n) is 6.13. The number of hydrogen-bond acceptors (Lipinski definition) is 3. The summed E-state index contributed by atoms with van der Waals surface area (Å²) in [6, 6.07) is 25.5. The Morgan fingerprint density at radius 3 is 2.61 bits per heavy atom. The molecule has 1 heterocycles. The van der Waals surface area contributed by atoms with E-state index in [1.807, 2.05) is 30.5 Å². The Morgan fingerprint density at radius 1 is 1.00 bits per heavy atom. The Bertz CT molecular complexity index is 1110. The molecule has 3 heteroatoms. The molecule has 0 unspecified atom stereocenters. The van der Waals surface area contributed by atoms with Crippen LogP contribution in [0.2, 0.25) is 0 Å². The summed E-state index contributed by atoms with van der Waals surface area (Å²) in [5.41, 5.74) is 5.98. The van der Waals surface area contributed by atoms with Gasteiger partial charge in [-0.05, 0) is 71.5 Å². The zero-order chi connectivity index (χ0) is 21.0. The molecule has 154 valence electrons. The van der Waals surface area contributed by atoms with Crippen LogP contribution in [0.5, 0.6) is 5.75 Å². The lowest BCUT2D eigenvalue weighted by atomic mass is 9.77. The first kappa shape index (κ1) is 19.4. The van der Waals surface area contributed by atoms with Crippen LogP contribution in [0.25, 0.3) is 0 Å². The standard InChI is InChI=1S/C28H26N2O/c1-2-18-31-23-16-10-20(11-17-23)19-29-22-14-12-21(13-15-22)28-26-8-5-7-24(26)25-6-3-4-9-27(25)30-28/h2-7,9-17,19,24,26,28,30H,1,8,18H2/t24-,26+,28-/m0/s1. The summed E-state index contributed by atoms with van der Waals surface area (Å²) in [7, 11) is 0. The number of nitrogens with one attached hydrogen (secondary N) is 1. The maximum Gasteiger partial charge on any atom is 0.119 e. The molecule has 0 amide bonds. The van der Waals surface area contributed by atoms with Gasteiger partial charge in [0.1, 0.15) is 12.4 Å². The molecule has 1 N–H and O–H groups in total. The van der Waals surface area contributed by atoms with Crippen molar-refractivity contribution in [3.63, 3.8) is 0 Å². The van der Waals surface area contributed by atoms with Crippen molar-refractivity contribution in [3.05, 3.63) is 114 Å². The van der Waals surface area contributed by atoms with Gasteiger partial charge in [0.05, 0.1) is 11.7 Å². The predicted octanol–water partition coefficient (Wildman–Crippen LogP) is 6.83. The molecule has 0 saturated carbocycles. The van der Waals surface area contributed by atoms with Crippen molar-refractivity contribution in [1.82, 2.24) is 0 Å². The third kappa shape index (κ3) is 4.04. The average Bonchev–Trinajstić information content (AvgIpc) is 3.32. The van der Waals surface area contributed by atoms with E-state index in [-0.39, 0.29) is 0 Å². The second-order valence-electron chi connectivity index (χ2n) is 8.08. The number of hydrogen-bond donors (Lipinski definition) is 1. The van der Waals surface area contributed by atoms with Gasteiger partial charge in [0.25, 0.3) is 0 Å². The van der Waals surface area contributed by atoms with E-state index in [2.05, 4.69) is 77.6 Å². The van der Waals surface area contributed by atoms with Crippen LogP contribution in [-0.4, -0.2) is 12.8 Å². The summed E-state index contributed by atoms with van der Waals surface area (Å²) in [6.45, 7) is 4.18. The molecular weight excluding hydrogens is 380 g/mol. The van der Waals surface area contributed by atoms with Crippen molar-refractivity contribution in [3.8, 4) is 5.75 Å². The predicted molar refractivity (Wildman–Crippen MR) is 129 cm³/mol. The van der Waals surface area contributed by atoms with Crippen molar-refractivity contribution in [2.45, 2.75) is 18.4 Å². The molecule has 0 fully saturated rings. The smallest absolute Gasteiger partial charge is 0.119 e. The number of benzene rings is 3. The van der Waals surface area contributed by atoms with Crippen LogP contribution < -0.4 is 10.1 Å². The van der Waals surface area contributed by atoms with Gasteiger partial charge in [-0.3, -0.25) is 4.99 Å². The molecule has 0 spiro atoms. The number of ether oxygens (including phenoxy) is 1. The van der Waals surface area contributed by atoms with Crippen molar-refractivity contribution >= 4 is 17.6 Å². The molecule has 2 aliphatic rings. The van der Waals surface area contributed by atoms with Crippen molar-refractivity contribution in [2.24, 2.45) is 10.9 Å². The van der Waals surface area contributed by atoms with Crippen LogP contribution in [0.3, 0.4) is 0 Å². The van der Waals surface area contributed by atoms with E-state index in [0.717, 1.165) is 23.4 Å². The van der Waals surface area contributed by atoms with Crippen LogP contribution in [0.15, 0.2) is 103 Å². The van der Waals surface area contributed by atoms with Gasteiger partial charge in [-0.1, -0.05) is 55.1 Å². The van der Waals surface area contributed by atoms with E-state index in [1.165, 1.54) is 16.8 Å². The van der Waals surface area contributed by atoms with Gasteiger partial charge in [0, 0.05) is 17.8 Å². The molecule has 5 rings (SSSR count). The number of rotatable bonds is 6. The Kier molecular flexibility index (Phi) is 5.40. The van der Waals surface area contributed by atoms with E-state index < -0.39 is 0 Å². The lowest BCUT2D eigenvalue weighted by Gasteiger charge is -2.37. The summed E-state index contributed by atoms with van der Waals surface area (Å²) >= 11 is 0. The van der Waals surface area contributed by atoms with Crippen LogP contribution >= 0.6 is 0 Å². The molecule has 0 bridgehead atoms. The first-order valence-electron chi connectivity index (χ1n) is 10.8. The normalized spacial score (nSPS) is 21.4. The minimum Gasteiger partial charge on any atom is -0.490 e. The van der Waals surface area contributed by atoms with Crippen LogP contribution in [0, 0.1) is 5.92 Å². The zero-order valence-corrected chi connectivity index (χ0v) is 17.4. The van der Waals surface area contributed by atoms with Gasteiger partial charge in [0.15, 0.2) is 0 Å². The highest BCUT2D eigenvalue weighted by Crippen LogP contribution is 2.49. The van der Waals surface area contributed by atoms with Gasteiger partial charge in [0.2, 0.25) is 0 Å². The van der Waals surface area contributed by atoms with E-state index in [4.69, 9.17) is 4.74 Å². The molecular formula is C28H26N2O. The fourth-order valence-corrected chi connectivity index (χ4v) is 4.60. The van der Waals surface area contributed by atoms with E-state index in [0.29, 0.717) is 24.5 Å². The summed E-state index contributed by atoms with van der Waals surface area (Å²) in [6.07, 6.45) is 9.45. The van der Waals surface area contributed by atoms with Gasteiger partial charge >= 0.3 is 0 Å². The van der Waals surface area contributed by atoms with E-state index in [1.54, 1.807) is 6.08 Å². The number of fused-ring (bicyclic) bond motifs is 3. The van der Waals surface area contributed by atoms with Gasteiger partial charge in [-0.25, -0.2) is 0 Å². The Labute approximate surface area is 183 Å². The number of aliphatic imine (C=N–C) groups is 1. The minimum atomic E-state index is 0.316. The lowest BCUT2D eigenvalue weighted by Crippen LogP contribution is -2.28. The summed E-state index contributed by atoms with van der Waals surface area (Å²) < 4.78 is 5.52. The Morgan fingerprint density at radius 2 is 1.81 bits per heavy atom. The molecule has 1 aliphatic carbocycles. The van der Waals surface area contributed by atoms with E-state index >= 15 is 0 Å². The average molecular weight is 407 g/mol. The molecule has 0 radical (unpaired) electrons. The monoisotopic (exact) mass is 406 g/mol. The molecule has 3 aromatic rings. The highest BCUT2D eigenvalue weighted by Gasteiger charge is 2.37. The van der Waals surface area contributed by atoms with Gasteiger partial charge in [-0.15, -0.1) is 0 Å². The highest BCUT2D eigenvalue weighted by atomic mass is 16.5. The van der Waals surface area contributed by atoms with E-state index in [9.17, 15) is 0 Å². The lowest BCUT2D eigenvalue weighted by molar-refractivity contribution is 0.363. The highest BCUT2D eigenvalue weighted by molar-refractivity contribution is 5.82. The zero-order valence-electron chi connectivity index (χ0n) is 17.4. The van der Waals surface area contributed by atoms with Crippen molar-refractivity contribution in [1.29, 1.82) is 0 Å². The molecule has 31 heavy (non-hydrogen) atoms. The molecule has 3 nitrogen and oxygen atoms in total. The fraction of sp³-hybridized carbons (Fsp3) is 0.179. The first-order chi connectivity index (χ1) is 15.3. The minimum absolute atomic E-state index is 0.316. The topological polar surface area (TPSA) is 33.6 Å². The molecule has 0 aromatic heterocycles. The number of nitrogens with zero attached hydrogens (tertiary/aromatic N) is 1. The molecule has 1 aliphatic heterocycles. The molecule has 0 saturated heterocycles. The van der Waals surface area contributed by atoms with Crippen molar-refractivity contribution in [2.75, 3.05) is 11.9 Å². The van der Waals surface area contributed by atoms with Crippen LogP contribution in [0.1, 0.15) is 35.1 Å². The quantitative estimate of drug-likeness (QED) is 0.360. The molecule has 3 atom stereocenters. The molecule has 3 aromatic carbocycles. The number of para-hydroxylation sites is 1. The Balaban J connectivity index is 1.30. The van der Waals surface area contributed by atoms with Crippen LogP contribution in [0.4, 0.5) is 11.4 Å². The SMILES string of the molecule is C=CCOc1ccc(C=Nc2ccc([C@@H]3Nc4ccccc4[C@@H]4C=CC[C@H]43)cc2)cc1. The maximum absolute atomic E-state index is 5.52. The third-order valence-corrected chi connectivity index (χ3v) is 6.13. The largest absolute Gasteiger partial charge is 0.490 e. The van der Waals surface area contributed by atoms with Crippen LogP contribution in [-0.2, 0) is 0 Å². The van der Waals surface area contributed by atoms with Crippen molar-refractivity contribution < 1.29 is 4.74 Å². The Hall–Kier alpha value is -3.59. The van der Waals surface area contributed by atoms with Gasteiger partial charge in [-0.2, -0.15) is 0 Å². The second-order valence-corrected chi connectivity index (χ2v) is 8.08. The number of allylic oxidation sites excluding steroid dienone is 2. The second kappa shape index (κ2) is 8.65. The fourth-order valence-electron chi connectivity index (χ4n) is 4.60. The number of anilines is 1. The first-order valence-corrected chi connectivity index (χ1v) is 10.8. The summed E-state index contributed by atoms with van der Waals surface area (Å²) in [5, 5.41) is 3.79. The summed E-state index contributed by atoms with van der Waals surface area (Å²) in [4.78, 5) is 4.64.